The summed E-state index contributed by atoms with van der Waals surface area (Å²) in [6, 6.07) is 13.1. The Kier molecular flexibility index (Phi) is 5.03. The van der Waals surface area contributed by atoms with Crippen molar-refractivity contribution in [1.82, 2.24) is 0 Å². The van der Waals surface area contributed by atoms with Crippen molar-refractivity contribution in [3.05, 3.63) is 76.4 Å². The number of Topliss-reactive ketones (excluding diaryl/α,β-unsaturated/α-hetero) is 2. The zero-order valence-electron chi connectivity index (χ0n) is 15.9. The van der Waals surface area contributed by atoms with Crippen LogP contribution in [0, 0.1) is 0 Å². The van der Waals surface area contributed by atoms with E-state index in [1.54, 1.807) is 43.3 Å². The van der Waals surface area contributed by atoms with Crippen LogP contribution >= 0.6 is 0 Å². The van der Waals surface area contributed by atoms with E-state index in [4.69, 9.17) is 9.47 Å². The van der Waals surface area contributed by atoms with E-state index in [9.17, 15) is 19.5 Å². The molecule has 1 aliphatic carbocycles. The minimum absolute atomic E-state index is 0.0238. The fraction of sp³-hybridized carbons (Fsp3) is 0.261. The number of carbonyl (C=O) groups is 3. The molecule has 0 saturated carbocycles. The molecule has 0 radical (unpaired) electrons. The number of phenolic OH excluding ortho intramolecular Hbond substituents is 1. The predicted molar refractivity (Wildman–Crippen MR) is 104 cm³/mol. The number of ether oxygens (including phenoxy) is 2. The maximum atomic E-state index is 13.3. The summed E-state index contributed by atoms with van der Waals surface area (Å²) in [6.45, 7) is 1.97. The number of rotatable bonds is 4. The first-order valence-electron chi connectivity index (χ1n) is 9.51. The van der Waals surface area contributed by atoms with Gasteiger partial charge in [0.25, 0.3) is 0 Å². The fourth-order valence-electron chi connectivity index (χ4n) is 3.92. The van der Waals surface area contributed by atoms with Crippen LogP contribution in [0.15, 0.2) is 59.7 Å². The first kappa shape index (κ1) is 19.1. The summed E-state index contributed by atoms with van der Waals surface area (Å²) in [5.74, 6) is -0.891. The van der Waals surface area contributed by atoms with Crippen molar-refractivity contribution in [2.75, 3.05) is 6.61 Å². The van der Waals surface area contributed by atoms with Gasteiger partial charge in [-0.2, -0.15) is 0 Å². The van der Waals surface area contributed by atoms with E-state index >= 15 is 0 Å². The first-order chi connectivity index (χ1) is 14.0. The molecule has 29 heavy (non-hydrogen) atoms. The van der Waals surface area contributed by atoms with Gasteiger partial charge < -0.3 is 14.6 Å². The molecule has 2 aromatic rings. The van der Waals surface area contributed by atoms with Crippen molar-refractivity contribution in [2.45, 2.75) is 32.0 Å². The summed E-state index contributed by atoms with van der Waals surface area (Å²) in [5.41, 5.74) is 1.89. The van der Waals surface area contributed by atoms with Crippen molar-refractivity contribution < 1.29 is 29.0 Å². The van der Waals surface area contributed by atoms with Gasteiger partial charge in [-0.1, -0.05) is 36.4 Å². The Bertz CT molecular complexity index is 1040. The molecule has 2 aromatic carbocycles. The minimum atomic E-state index is -0.852. The number of carbonyl (C=O) groups excluding carboxylic acids is 3. The number of aromatic hydroxyl groups is 1. The minimum Gasteiger partial charge on any atom is -0.508 e. The number of phenols is 1. The third-order valence-electron chi connectivity index (χ3n) is 5.16. The summed E-state index contributed by atoms with van der Waals surface area (Å²) in [5, 5.41) is 9.90. The van der Waals surface area contributed by atoms with Gasteiger partial charge in [0.2, 0.25) is 0 Å². The SMILES string of the molecule is CCOC(=O)C[C@@H]1CC2=C(C(=O)c3ccccc3C2=O)[C@H](c2cccc(O)c2)O1. The maximum Gasteiger partial charge on any atom is 0.308 e. The standard InChI is InChI=1S/C23H20O6/c1-2-28-19(25)12-15-11-18-20(23(29-15)13-6-5-7-14(24)10-13)22(27)17-9-4-3-8-16(17)21(18)26/h3-10,15,23-24H,2,11-12H2,1H3/t15-,23-/m0/s1. The van der Waals surface area contributed by atoms with E-state index in [1.807, 2.05) is 0 Å². The highest BCUT2D eigenvalue weighted by atomic mass is 16.5. The van der Waals surface area contributed by atoms with Gasteiger partial charge in [-0.05, 0) is 24.6 Å². The maximum absolute atomic E-state index is 13.3. The number of benzene rings is 2. The van der Waals surface area contributed by atoms with Gasteiger partial charge in [-0.15, -0.1) is 0 Å². The highest BCUT2D eigenvalue weighted by Gasteiger charge is 2.42. The molecule has 1 heterocycles. The average Bonchev–Trinajstić information content (AvgIpc) is 2.71. The molecule has 2 aliphatic rings. The lowest BCUT2D eigenvalue weighted by Crippen LogP contribution is -2.36. The van der Waals surface area contributed by atoms with Crippen molar-refractivity contribution >= 4 is 17.5 Å². The Morgan fingerprint density at radius 3 is 2.52 bits per heavy atom. The lowest BCUT2D eigenvalue weighted by atomic mass is 9.77. The van der Waals surface area contributed by atoms with Gasteiger partial charge in [-0.25, -0.2) is 0 Å². The van der Waals surface area contributed by atoms with E-state index < -0.39 is 18.2 Å². The second-order valence-electron chi connectivity index (χ2n) is 7.04. The largest absolute Gasteiger partial charge is 0.508 e. The normalized spacial score (nSPS) is 20.9. The molecular weight excluding hydrogens is 372 g/mol. The number of ketones is 2. The van der Waals surface area contributed by atoms with Crippen LogP contribution in [0.4, 0.5) is 0 Å². The highest BCUT2D eigenvalue weighted by Crippen LogP contribution is 2.43. The fourth-order valence-corrected chi connectivity index (χ4v) is 3.92. The van der Waals surface area contributed by atoms with Gasteiger partial charge >= 0.3 is 5.97 Å². The van der Waals surface area contributed by atoms with Crippen molar-refractivity contribution in [2.24, 2.45) is 0 Å². The molecule has 148 valence electrons. The second-order valence-corrected chi connectivity index (χ2v) is 7.04. The molecule has 6 nitrogen and oxygen atoms in total. The van der Waals surface area contributed by atoms with Crippen LogP contribution < -0.4 is 0 Å². The Morgan fingerprint density at radius 1 is 1.10 bits per heavy atom. The zero-order valence-corrected chi connectivity index (χ0v) is 15.9. The predicted octanol–water partition coefficient (Wildman–Crippen LogP) is 3.55. The van der Waals surface area contributed by atoms with E-state index in [0.29, 0.717) is 22.3 Å². The zero-order chi connectivity index (χ0) is 20.5. The summed E-state index contributed by atoms with van der Waals surface area (Å²) in [7, 11) is 0. The molecular formula is C23H20O6. The van der Waals surface area contributed by atoms with Crippen LogP contribution in [0.25, 0.3) is 0 Å². The summed E-state index contributed by atoms with van der Waals surface area (Å²) < 4.78 is 11.1. The molecule has 4 rings (SSSR count). The number of fused-ring (bicyclic) bond motifs is 1. The van der Waals surface area contributed by atoms with E-state index in [0.717, 1.165) is 0 Å². The number of hydrogen-bond donors (Lipinski definition) is 1. The molecule has 0 bridgehead atoms. The van der Waals surface area contributed by atoms with E-state index in [-0.39, 0.29) is 42.3 Å². The van der Waals surface area contributed by atoms with Crippen LogP contribution in [0.2, 0.25) is 0 Å². The highest BCUT2D eigenvalue weighted by molar-refractivity contribution is 6.27. The topological polar surface area (TPSA) is 89.9 Å². The molecule has 1 N–H and O–H groups in total. The molecule has 0 aromatic heterocycles. The Balaban J connectivity index is 1.80. The van der Waals surface area contributed by atoms with Crippen molar-refractivity contribution in [1.29, 1.82) is 0 Å². The molecule has 6 heteroatoms. The van der Waals surface area contributed by atoms with Gasteiger partial charge in [0.1, 0.15) is 11.9 Å². The van der Waals surface area contributed by atoms with E-state index in [1.165, 1.54) is 12.1 Å². The lowest BCUT2D eigenvalue weighted by molar-refractivity contribution is -0.147. The van der Waals surface area contributed by atoms with Crippen molar-refractivity contribution in [3.63, 3.8) is 0 Å². The molecule has 0 spiro atoms. The van der Waals surface area contributed by atoms with Crippen LogP contribution in [0.3, 0.4) is 0 Å². The Hall–Kier alpha value is -3.25. The molecule has 0 amide bonds. The van der Waals surface area contributed by atoms with E-state index in [2.05, 4.69) is 0 Å². The molecule has 0 unspecified atom stereocenters. The van der Waals surface area contributed by atoms with Gasteiger partial charge in [-0.3, -0.25) is 14.4 Å². The smallest absolute Gasteiger partial charge is 0.308 e. The molecule has 2 atom stereocenters. The summed E-state index contributed by atoms with van der Waals surface area (Å²) in [4.78, 5) is 38.4. The third kappa shape index (κ3) is 3.47. The summed E-state index contributed by atoms with van der Waals surface area (Å²) >= 11 is 0. The average molecular weight is 392 g/mol. The summed E-state index contributed by atoms with van der Waals surface area (Å²) in [6.07, 6.45) is -1.33. The second kappa shape index (κ2) is 7.64. The first-order valence-corrected chi connectivity index (χ1v) is 9.51. The number of esters is 1. The Labute approximate surface area is 167 Å². The van der Waals surface area contributed by atoms with Crippen LogP contribution in [-0.4, -0.2) is 35.4 Å². The van der Waals surface area contributed by atoms with Gasteiger partial charge in [0, 0.05) is 28.7 Å². The quantitative estimate of drug-likeness (QED) is 0.801. The molecule has 0 saturated heterocycles. The molecule has 1 aliphatic heterocycles. The van der Waals surface area contributed by atoms with Gasteiger partial charge in [0.15, 0.2) is 11.6 Å². The Morgan fingerprint density at radius 2 is 1.83 bits per heavy atom. The van der Waals surface area contributed by atoms with Crippen LogP contribution in [0.1, 0.15) is 52.1 Å². The lowest BCUT2D eigenvalue weighted by Gasteiger charge is -2.35. The third-order valence-corrected chi connectivity index (χ3v) is 5.16. The monoisotopic (exact) mass is 392 g/mol. The number of hydrogen-bond acceptors (Lipinski definition) is 6. The van der Waals surface area contributed by atoms with Gasteiger partial charge in [0.05, 0.1) is 19.1 Å². The van der Waals surface area contributed by atoms with Crippen LogP contribution in [0.5, 0.6) is 5.75 Å². The van der Waals surface area contributed by atoms with Crippen molar-refractivity contribution in [3.8, 4) is 5.75 Å². The van der Waals surface area contributed by atoms with Crippen LogP contribution in [-0.2, 0) is 14.3 Å². The molecule has 0 fully saturated rings.